The van der Waals surface area contributed by atoms with Gasteiger partial charge in [0.15, 0.2) is 11.4 Å². The third-order valence-corrected chi connectivity index (χ3v) is 2.81. The minimum absolute atomic E-state index is 0.217. The van der Waals surface area contributed by atoms with Crippen molar-refractivity contribution < 1.29 is 9.53 Å². The van der Waals surface area contributed by atoms with Crippen LogP contribution in [0.2, 0.25) is 0 Å². The SMILES string of the molecule is COc1cn(-c2ccccc2)nc1C(=O)NCC(C)C. The molecular formula is C15H19N3O2. The van der Waals surface area contributed by atoms with Crippen molar-refractivity contribution in [3.05, 3.63) is 42.2 Å². The summed E-state index contributed by atoms with van der Waals surface area (Å²) in [4.78, 5) is 12.1. The number of aromatic nitrogens is 2. The van der Waals surface area contributed by atoms with Crippen LogP contribution in [0.1, 0.15) is 24.3 Å². The molecule has 0 radical (unpaired) electrons. The number of benzene rings is 1. The molecule has 0 bridgehead atoms. The first-order valence-corrected chi connectivity index (χ1v) is 6.59. The number of carbonyl (C=O) groups excluding carboxylic acids is 1. The van der Waals surface area contributed by atoms with E-state index in [0.29, 0.717) is 23.9 Å². The van der Waals surface area contributed by atoms with Gasteiger partial charge in [-0.1, -0.05) is 32.0 Å². The van der Waals surface area contributed by atoms with Crippen molar-refractivity contribution in [3.63, 3.8) is 0 Å². The van der Waals surface area contributed by atoms with E-state index in [9.17, 15) is 4.79 Å². The predicted octanol–water partition coefficient (Wildman–Crippen LogP) is 2.27. The van der Waals surface area contributed by atoms with E-state index in [-0.39, 0.29) is 5.91 Å². The molecule has 0 aliphatic rings. The molecule has 0 saturated heterocycles. The number of nitrogens with zero attached hydrogens (tertiary/aromatic N) is 2. The summed E-state index contributed by atoms with van der Waals surface area (Å²) in [6.45, 7) is 4.69. The number of para-hydroxylation sites is 1. The summed E-state index contributed by atoms with van der Waals surface area (Å²) in [6, 6.07) is 9.61. The zero-order valence-electron chi connectivity index (χ0n) is 12.0. The highest BCUT2D eigenvalue weighted by molar-refractivity contribution is 5.94. The summed E-state index contributed by atoms with van der Waals surface area (Å²) in [5.74, 6) is 0.640. The zero-order valence-corrected chi connectivity index (χ0v) is 12.0. The Balaban J connectivity index is 2.25. The maximum Gasteiger partial charge on any atom is 0.275 e. The summed E-state index contributed by atoms with van der Waals surface area (Å²) < 4.78 is 6.87. The molecule has 0 spiro atoms. The number of ether oxygens (including phenoxy) is 1. The summed E-state index contributed by atoms with van der Waals surface area (Å²) in [6.07, 6.45) is 1.71. The van der Waals surface area contributed by atoms with Crippen LogP contribution in [0.25, 0.3) is 5.69 Å². The van der Waals surface area contributed by atoms with E-state index in [0.717, 1.165) is 5.69 Å². The smallest absolute Gasteiger partial charge is 0.275 e. The first kappa shape index (κ1) is 14.1. The highest BCUT2D eigenvalue weighted by atomic mass is 16.5. The molecule has 2 rings (SSSR count). The molecule has 5 heteroatoms. The molecule has 1 aromatic heterocycles. The molecule has 0 saturated carbocycles. The molecular weight excluding hydrogens is 254 g/mol. The zero-order chi connectivity index (χ0) is 14.5. The van der Waals surface area contributed by atoms with Crippen LogP contribution in [0.3, 0.4) is 0 Å². The molecule has 1 aromatic carbocycles. The van der Waals surface area contributed by atoms with E-state index in [1.54, 1.807) is 10.9 Å². The summed E-state index contributed by atoms with van der Waals surface area (Å²) >= 11 is 0. The van der Waals surface area contributed by atoms with Gasteiger partial charge in [-0.25, -0.2) is 4.68 Å². The largest absolute Gasteiger partial charge is 0.493 e. The van der Waals surface area contributed by atoms with Crippen molar-refractivity contribution in [2.75, 3.05) is 13.7 Å². The van der Waals surface area contributed by atoms with E-state index >= 15 is 0 Å². The average Bonchev–Trinajstić information content (AvgIpc) is 2.90. The Morgan fingerprint density at radius 2 is 2.05 bits per heavy atom. The van der Waals surface area contributed by atoms with Gasteiger partial charge in [-0.2, -0.15) is 5.10 Å². The molecule has 1 N–H and O–H groups in total. The Morgan fingerprint density at radius 3 is 2.65 bits per heavy atom. The number of amides is 1. The Morgan fingerprint density at radius 1 is 1.35 bits per heavy atom. The average molecular weight is 273 g/mol. The van der Waals surface area contributed by atoms with Gasteiger partial charge < -0.3 is 10.1 Å². The molecule has 20 heavy (non-hydrogen) atoms. The monoisotopic (exact) mass is 273 g/mol. The quantitative estimate of drug-likeness (QED) is 0.909. The molecule has 106 valence electrons. The molecule has 0 atom stereocenters. The third-order valence-electron chi connectivity index (χ3n) is 2.81. The summed E-state index contributed by atoms with van der Waals surface area (Å²) in [5, 5.41) is 7.15. The van der Waals surface area contributed by atoms with Gasteiger partial charge in [0.2, 0.25) is 0 Å². The first-order chi connectivity index (χ1) is 9.61. The lowest BCUT2D eigenvalue weighted by molar-refractivity contribution is 0.0940. The van der Waals surface area contributed by atoms with Crippen LogP contribution >= 0.6 is 0 Å². The molecule has 5 nitrogen and oxygen atoms in total. The van der Waals surface area contributed by atoms with Crippen LogP contribution in [-0.4, -0.2) is 29.3 Å². The molecule has 1 heterocycles. The lowest BCUT2D eigenvalue weighted by Gasteiger charge is -2.06. The Hall–Kier alpha value is -2.30. The fraction of sp³-hybridized carbons (Fsp3) is 0.333. The van der Waals surface area contributed by atoms with Crippen LogP contribution in [-0.2, 0) is 0 Å². The second-order valence-corrected chi connectivity index (χ2v) is 4.93. The van der Waals surface area contributed by atoms with E-state index in [2.05, 4.69) is 10.4 Å². The van der Waals surface area contributed by atoms with Crippen LogP contribution in [0.15, 0.2) is 36.5 Å². The molecule has 0 fully saturated rings. The Labute approximate surface area is 118 Å². The van der Waals surface area contributed by atoms with Crippen LogP contribution in [0.4, 0.5) is 0 Å². The normalized spacial score (nSPS) is 10.6. The number of hydrogen-bond acceptors (Lipinski definition) is 3. The fourth-order valence-corrected chi connectivity index (χ4v) is 1.76. The Bertz CT molecular complexity index is 576. The van der Waals surface area contributed by atoms with Gasteiger partial charge in [0.1, 0.15) is 0 Å². The van der Waals surface area contributed by atoms with Gasteiger partial charge in [0.05, 0.1) is 19.0 Å². The van der Waals surface area contributed by atoms with Gasteiger partial charge in [-0.05, 0) is 18.1 Å². The van der Waals surface area contributed by atoms with Crippen molar-refractivity contribution in [1.29, 1.82) is 0 Å². The van der Waals surface area contributed by atoms with Crippen molar-refractivity contribution in [1.82, 2.24) is 15.1 Å². The molecule has 0 aliphatic carbocycles. The van der Waals surface area contributed by atoms with E-state index < -0.39 is 0 Å². The van der Waals surface area contributed by atoms with Gasteiger partial charge >= 0.3 is 0 Å². The number of hydrogen-bond donors (Lipinski definition) is 1. The van der Waals surface area contributed by atoms with Gasteiger partial charge in [0, 0.05) is 6.54 Å². The van der Waals surface area contributed by atoms with Crippen LogP contribution < -0.4 is 10.1 Å². The van der Waals surface area contributed by atoms with Crippen LogP contribution in [0, 0.1) is 5.92 Å². The van der Waals surface area contributed by atoms with Gasteiger partial charge in [-0.15, -0.1) is 0 Å². The second kappa shape index (κ2) is 6.23. The maximum atomic E-state index is 12.1. The topological polar surface area (TPSA) is 56.2 Å². The number of carbonyl (C=O) groups is 1. The molecule has 2 aromatic rings. The van der Waals surface area contributed by atoms with Crippen LogP contribution in [0.5, 0.6) is 5.75 Å². The number of rotatable bonds is 5. The minimum Gasteiger partial charge on any atom is -0.493 e. The van der Waals surface area contributed by atoms with Gasteiger partial charge in [0.25, 0.3) is 5.91 Å². The number of methoxy groups -OCH3 is 1. The third kappa shape index (κ3) is 3.17. The highest BCUT2D eigenvalue weighted by Crippen LogP contribution is 2.19. The predicted molar refractivity (Wildman–Crippen MR) is 77.3 cm³/mol. The lowest BCUT2D eigenvalue weighted by Crippen LogP contribution is -2.28. The standard InChI is InChI=1S/C15H19N3O2/c1-11(2)9-16-15(19)14-13(20-3)10-18(17-14)12-7-5-4-6-8-12/h4-8,10-11H,9H2,1-3H3,(H,16,19). The maximum absolute atomic E-state index is 12.1. The molecule has 0 unspecified atom stereocenters. The minimum atomic E-state index is -0.217. The van der Waals surface area contributed by atoms with Crippen molar-refractivity contribution in [3.8, 4) is 11.4 Å². The van der Waals surface area contributed by atoms with E-state index in [1.807, 2.05) is 44.2 Å². The molecule has 1 amide bonds. The number of nitrogens with one attached hydrogen (secondary N) is 1. The fourth-order valence-electron chi connectivity index (χ4n) is 1.76. The Kier molecular flexibility index (Phi) is 4.40. The van der Waals surface area contributed by atoms with E-state index in [1.165, 1.54) is 7.11 Å². The summed E-state index contributed by atoms with van der Waals surface area (Å²) in [5.41, 5.74) is 1.19. The summed E-state index contributed by atoms with van der Waals surface area (Å²) in [7, 11) is 1.53. The van der Waals surface area contributed by atoms with E-state index in [4.69, 9.17) is 4.74 Å². The van der Waals surface area contributed by atoms with Crippen molar-refractivity contribution in [2.24, 2.45) is 5.92 Å². The first-order valence-electron chi connectivity index (χ1n) is 6.59. The van der Waals surface area contributed by atoms with Crippen molar-refractivity contribution in [2.45, 2.75) is 13.8 Å². The molecule has 0 aliphatic heterocycles. The lowest BCUT2D eigenvalue weighted by atomic mass is 10.2. The highest BCUT2D eigenvalue weighted by Gasteiger charge is 2.18. The second-order valence-electron chi connectivity index (χ2n) is 4.93. The van der Waals surface area contributed by atoms with Crippen molar-refractivity contribution >= 4 is 5.91 Å². The van der Waals surface area contributed by atoms with Gasteiger partial charge in [-0.3, -0.25) is 4.79 Å².